The maximum Gasteiger partial charge on any atom is 0.327 e. The number of rotatable bonds is 4. The summed E-state index contributed by atoms with van der Waals surface area (Å²) in [6, 6.07) is 13.2. The van der Waals surface area contributed by atoms with Crippen LogP contribution in [0.4, 0.5) is 4.79 Å². The molecule has 28 heavy (non-hydrogen) atoms. The number of methoxy groups -OCH3 is 2. The number of nitrogens with zero attached hydrogens (tertiary/aromatic N) is 2. The van der Waals surface area contributed by atoms with E-state index in [0.29, 0.717) is 37.4 Å². The van der Waals surface area contributed by atoms with E-state index in [2.05, 4.69) is 0 Å². The van der Waals surface area contributed by atoms with Crippen molar-refractivity contribution in [3.63, 3.8) is 0 Å². The zero-order chi connectivity index (χ0) is 19.7. The summed E-state index contributed by atoms with van der Waals surface area (Å²) in [5, 5.41) is 0. The van der Waals surface area contributed by atoms with Crippen LogP contribution in [0.15, 0.2) is 42.5 Å². The number of carbonyl (C=O) groups excluding carboxylic acids is 2. The number of ether oxygens (including phenoxy) is 2. The number of fused-ring (bicyclic) bond motifs is 3. The van der Waals surface area contributed by atoms with Gasteiger partial charge in [-0.15, -0.1) is 0 Å². The molecule has 0 unspecified atom stereocenters. The topological polar surface area (TPSA) is 59.1 Å². The van der Waals surface area contributed by atoms with Gasteiger partial charge in [0.2, 0.25) is 5.91 Å². The molecule has 6 heteroatoms. The average Bonchev–Trinajstić information content (AvgIpc) is 2.85. The van der Waals surface area contributed by atoms with Gasteiger partial charge in [-0.1, -0.05) is 30.3 Å². The van der Waals surface area contributed by atoms with Gasteiger partial charge in [0.15, 0.2) is 11.5 Å². The van der Waals surface area contributed by atoms with Crippen molar-refractivity contribution in [3.8, 4) is 11.5 Å². The van der Waals surface area contributed by atoms with Gasteiger partial charge < -0.3 is 14.4 Å². The second-order valence-electron chi connectivity index (χ2n) is 7.15. The predicted molar refractivity (Wildman–Crippen MR) is 104 cm³/mol. The fourth-order valence-corrected chi connectivity index (χ4v) is 4.15. The minimum Gasteiger partial charge on any atom is -0.493 e. The molecule has 2 aromatic rings. The molecule has 0 radical (unpaired) electrons. The first-order chi connectivity index (χ1) is 13.6. The molecule has 1 saturated heterocycles. The minimum absolute atomic E-state index is 0.120. The van der Waals surface area contributed by atoms with Crippen LogP contribution in [0.5, 0.6) is 11.5 Å². The lowest BCUT2D eigenvalue weighted by Gasteiger charge is -2.37. The van der Waals surface area contributed by atoms with Crippen molar-refractivity contribution in [2.45, 2.75) is 31.8 Å². The van der Waals surface area contributed by atoms with Gasteiger partial charge in [0.05, 0.1) is 26.8 Å². The first-order valence-electron chi connectivity index (χ1n) is 9.52. The third-order valence-electron chi connectivity index (χ3n) is 5.60. The molecule has 146 valence electrons. The van der Waals surface area contributed by atoms with Crippen LogP contribution in [0.1, 0.15) is 35.6 Å². The number of imide groups is 1. The average molecular weight is 380 g/mol. The smallest absolute Gasteiger partial charge is 0.327 e. The molecule has 0 saturated carbocycles. The van der Waals surface area contributed by atoms with Crippen molar-refractivity contribution in [1.29, 1.82) is 0 Å². The highest BCUT2D eigenvalue weighted by atomic mass is 16.5. The zero-order valence-electron chi connectivity index (χ0n) is 16.2. The van der Waals surface area contributed by atoms with Gasteiger partial charge in [0.1, 0.15) is 0 Å². The molecular weight excluding hydrogens is 356 g/mol. The number of benzene rings is 2. The van der Waals surface area contributed by atoms with Gasteiger partial charge in [-0.05, 0) is 41.7 Å². The zero-order valence-corrected chi connectivity index (χ0v) is 16.2. The highest BCUT2D eigenvalue weighted by Gasteiger charge is 2.39. The number of carbonyl (C=O) groups is 2. The van der Waals surface area contributed by atoms with Crippen molar-refractivity contribution in [1.82, 2.24) is 9.80 Å². The Morgan fingerprint density at radius 2 is 1.71 bits per heavy atom. The second-order valence-corrected chi connectivity index (χ2v) is 7.15. The van der Waals surface area contributed by atoms with Gasteiger partial charge in [-0.3, -0.25) is 9.69 Å². The first-order valence-corrected chi connectivity index (χ1v) is 9.52. The van der Waals surface area contributed by atoms with Crippen molar-refractivity contribution in [2.75, 3.05) is 20.8 Å². The quantitative estimate of drug-likeness (QED) is 0.814. The fourth-order valence-electron chi connectivity index (χ4n) is 4.15. The van der Waals surface area contributed by atoms with Crippen molar-refractivity contribution >= 4 is 11.9 Å². The number of hydrogen-bond acceptors (Lipinski definition) is 4. The molecule has 0 spiro atoms. The van der Waals surface area contributed by atoms with Crippen LogP contribution in [-0.4, -0.2) is 42.5 Å². The van der Waals surface area contributed by atoms with Crippen LogP contribution < -0.4 is 9.47 Å². The molecule has 0 bridgehead atoms. The van der Waals surface area contributed by atoms with Gasteiger partial charge in [0, 0.05) is 13.0 Å². The number of hydrogen-bond donors (Lipinski definition) is 0. The monoisotopic (exact) mass is 380 g/mol. The summed E-state index contributed by atoms with van der Waals surface area (Å²) in [5.74, 6) is 1.22. The molecule has 2 aliphatic heterocycles. The second kappa shape index (κ2) is 7.54. The molecule has 6 nitrogen and oxygen atoms in total. The van der Waals surface area contributed by atoms with E-state index in [1.807, 2.05) is 47.4 Å². The Morgan fingerprint density at radius 3 is 2.43 bits per heavy atom. The molecule has 0 aliphatic carbocycles. The molecule has 2 heterocycles. The SMILES string of the molecule is COc1cc2c(cc1OC)[C@H]1CCC(=O)N(Cc3ccccc3)C(=O)N1CC2. The molecule has 2 aliphatic rings. The summed E-state index contributed by atoms with van der Waals surface area (Å²) in [5.41, 5.74) is 3.15. The Morgan fingerprint density at radius 1 is 1.00 bits per heavy atom. The summed E-state index contributed by atoms with van der Waals surface area (Å²) in [7, 11) is 3.23. The van der Waals surface area contributed by atoms with E-state index in [1.165, 1.54) is 4.90 Å². The van der Waals surface area contributed by atoms with E-state index < -0.39 is 0 Å². The first kappa shape index (κ1) is 18.3. The van der Waals surface area contributed by atoms with E-state index in [4.69, 9.17) is 9.47 Å². The molecule has 4 rings (SSSR count). The Labute approximate surface area is 164 Å². The molecule has 1 atom stereocenters. The summed E-state index contributed by atoms with van der Waals surface area (Å²) in [6.45, 7) is 0.894. The van der Waals surface area contributed by atoms with Crippen LogP contribution >= 0.6 is 0 Å². The Kier molecular flexibility index (Phi) is 4.94. The Bertz CT molecular complexity index is 897. The maximum absolute atomic E-state index is 13.3. The molecule has 3 amide bonds. The highest BCUT2D eigenvalue weighted by Crippen LogP contribution is 2.41. The highest BCUT2D eigenvalue weighted by molar-refractivity contribution is 5.95. The van der Waals surface area contributed by atoms with E-state index in [-0.39, 0.29) is 18.0 Å². The predicted octanol–water partition coefficient (Wildman–Crippen LogP) is 3.55. The van der Waals surface area contributed by atoms with Crippen LogP contribution in [0.2, 0.25) is 0 Å². The Hall–Kier alpha value is -3.02. The van der Waals surface area contributed by atoms with Crippen molar-refractivity contribution < 1.29 is 19.1 Å². The van der Waals surface area contributed by atoms with Crippen LogP contribution in [0.25, 0.3) is 0 Å². The summed E-state index contributed by atoms with van der Waals surface area (Å²) >= 11 is 0. The molecule has 1 fully saturated rings. The third-order valence-corrected chi connectivity index (χ3v) is 5.60. The third kappa shape index (κ3) is 3.19. The standard InChI is InChI=1S/C22H24N2O4/c1-27-19-12-16-10-11-23-18(17(16)13-20(19)28-2)8-9-21(25)24(22(23)26)14-15-6-4-3-5-7-15/h3-7,12-13,18H,8-11,14H2,1-2H3/t18-/m1/s1. The summed E-state index contributed by atoms with van der Waals surface area (Å²) < 4.78 is 10.9. The minimum atomic E-state index is -0.211. The van der Waals surface area contributed by atoms with E-state index in [0.717, 1.165) is 23.1 Å². The van der Waals surface area contributed by atoms with E-state index >= 15 is 0 Å². The van der Waals surface area contributed by atoms with Gasteiger partial charge in [-0.25, -0.2) is 4.79 Å². The lowest BCUT2D eigenvalue weighted by molar-refractivity contribution is -0.128. The molecule has 0 N–H and O–H groups in total. The van der Waals surface area contributed by atoms with Crippen molar-refractivity contribution in [3.05, 3.63) is 59.2 Å². The molecule has 2 aromatic carbocycles. The van der Waals surface area contributed by atoms with Crippen LogP contribution in [0, 0.1) is 0 Å². The van der Waals surface area contributed by atoms with E-state index in [1.54, 1.807) is 14.2 Å². The lowest BCUT2D eigenvalue weighted by atomic mass is 9.90. The van der Waals surface area contributed by atoms with Gasteiger partial charge in [0.25, 0.3) is 0 Å². The summed E-state index contributed by atoms with van der Waals surface area (Å²) in [6.07, 6.45) is 1.68. The van der Waals surface area contributed by atoms with Crippen molar-refractivity contribution in [2.24, 2.45) is 0 Å². The summed E-state index contributed by atoms with van der Waals surface area (Å²) in [4.78, 5) is 29.2. The van der Waals surface area contributed by atoms with Crippen LogP contribution in [-0.2, 0) is 17.8 Å². The molecular formula is C22H24N2O4. The number of amides is 3. The van der Waals surface area contributed by atoms with Gasteiger partial charge in [-0.2, -0.15) is 0 Å². The lowest BCUT2D eigenvalue weighted by Crippen LogP contribution is -2.46. The van der Waals surface area contributed by atoms with Gasteiger partial charge >= 0.3 is 6.03 Å². The normalized spacial score (nSPS) is 19.0. The van der Waals surface area contributed by atoms with E-state index in [9.17, 15) is 9.59 Å². The largest absolute Gasteiger partial charge is 0.493 e. The Balaban J connectivity index is 1.66. The van der Waals surface area contributed by atoms with Crippen LogP contribution in [0.3, 0.4) is 0 Å². The number of urea groups is 1. The maximum atomic E-state index is 13.3. The molecule has 0 aromatic heterocycles. The fraction of sp³-hybridized carbons (Fsp3) is 0.364.